The van der Waals surface area contributed by atoms with Crippen molar-refractivity contribution in [3.63, 3.8) is 0 Å². The van der Waals surface area contributed by atoms with Gasteiger partial charge in [0, 0.05) is 5.56 Å². The maximum Gasteiger partial charge on any atom is 0.514 e. The van der Waals surface area contributed by atoms with Crippen molar-refractivity contribution in [3.05, 3.63) is 67.3 Å². The van der Waals surface area contributed by atoms with Gasteiger partial charge in [-0.05, 0) is 11.6 Å². The Morgan fingerprint density at radius 1 is 1.05 bits per heavy atom. The van der Waals surface area contributed by atoms with Crippen molar-refractivity contribution in [2.45, 2.75) is 0 Å². The molecule has 0 atom stereocenters. The summed E-state index contributed by atoms with van der Waals surface area (Å²) in [6, 6.07) is 17.0. The van der Waals surface area contributed by atoms with Gasteiger partial charge < -0.3 is 9.47 Å². The first-order chi connectivity index (χ1) is 9.31. The Kier molecular flexibility index (Phi) is 4.34. The van der Waals surface area contributed by atoms with E-state index in [2.05, 4.69) is 6.58 Å². The highest BCUT2D eigenvalue weighted by molar-refractivity contribution is 5.74. The molecule has 96 valence electrons. The number of ether oxygens (including phenoxy) is 2. The molecule has 0 radical (unpaired) electrons. The fourth-order valence-electron chi connectivity index (χ4n) is 1.66. The second-order valence-electron chi connectivity index (χ2n) is 3.81. The minimum absolute atomic E-state index is 0.131. The zero-order chi connectivity index (χ0) is 13.5. The van der Waals surface area contributed by atoms with Gasteiger partial charge in [-0.1, -0.05) is 61.2 Å². The van der Waals surface area contributed by atoms with Crippen LogP contribution in [0.1, 0.15) is 0 Å². The number of para-hydroxylation sites is 1. The molecule has 3 nitrogen and oxygen atoms in total. The second-order valence-corrected chi connectivity index (χ2v) is 3.81. The van der Waals surface area contributed by atoms with E-state index in [1.165, 1.54) is 6.08 Å². The highest BCUT2D eigenvalue weighted by Gasteiger charge is 2.10. The van der Waals surface area contributed by atoms with Gasteiger partial charge in [-0.25, -0.2) is 4.79 Å². The predicted molar refractivity (Wildman–Crippen MR) is 74.1 cm³/mol. The van der Waals surface area contributed by atoms with E-state index in [0.717, 1.165) is 11.1 Å². The van der Waals surface area contributed by atoms with Gasteiger partial charge in [-0.3, -0.25) is 0 Å². The van der Waals surface area contributed by atoms with Gasteiger partial charge in [0.15, 0.2) is 0 Å². The molecule has 0 aliphatic carbocycles. The van der Waals surface area contributed by atoms with E-state index in [-0.39, 0.29) is 6.61 Å². The van der Waals surface area contributed by atoms with Crippen LogP contribution in [0.25, 0.3) is 11.1 Å². The monoisotopic (exact) mass is 254 g/mol. The average molecular weight is 254 g/mol. The lowest BCUT2D eigenvalue weighted by Gasteiger charge is -2.09. The molecule has 0 spiro atoms. The molecule has 2 aromatic rings. The summed E-state index contributed by atoms with van der Waals surface area (Å²) in [5.74, 6) is 0.475. The van der Waals surface area contributed by atoms with Crippen molar-refractivity contribution in [1.82, 2.24) is 0 Å². The third kappa shape index (κ3) is 3.45. The molecular formula is C16H14O3. The van der Waals surface area contributed by atoms with Crippen molar-refractivity contribution in [2.75, 3.05) is 6.61 Å². The molecule has 2 aromatic carbocycles. The topological polar surface area (TPSA) is 35.5 Å². The number of carbonyl (C=O) groups is 1. The first-order valence-electron chi connectivity index (χ1n) is 5.91. The summed E-state index contributed by atoms with van der Waals surface area (Å²) in [5, 5.41) is 0. The fraction of sp³-hybridized carbons (Fsp3) is 0.0625. The first-order valence-corrected chi connectivity index (χ1v) is 5.91. The molecule has 0 aromatic heterocycles. The Morgan fingerprint density at radius 3 is 2.47 bits per heavy atom. The fourth-order valence-corrected chi connectivity index (χ4v) is 1.66. The average Bonchev–Trinajstić information content (AvgIpc) is 2.46. The van der Waals surface area contributed by atoms with Crippen molar-refractivity contribution < 1.29 is 14.3 Å². The van der Waals surface area contributed by atoms with Gasteiger partial charge in [0.05, 0.1) is 0 Å². The largest absolute Gasteiger partial charge is 0.514 e. The molecule has 0 N–H and O–H groups in total. The van der Waals surface area contributed by atoms with Gasteiger partial charge in [0.2, 0.25) is 0 Å². The van der Waals surface area contributed by atoms with Crippen LogP contribution >= 0.6 is 0 Å². The normalized spacial score (nSPS) is 9.68. The van der Waals surface area contributed by atoms with Crippen LogP contribution in [0.5, 0.6) is 5.75 Å². The summed E-state index contributed by atoms with van der Waals surface area (Å²) < 4.78 is 10.00. The Balaban J connectivity index is 2.22. The zero-order valence-electron chi connectivity index (χ0n) is 10.4. The smallest absolute Gasteiger partial charge is 0.430 e. The molecule has 0 amide bonds. The van der Waals surface area contributed by atoms with Crippen molar-refractivity contribution >= 4 is 6.16 Å². The molecule has 19 heavy (non-hydrogen) atoms. The van der Waals surface area contributed by atoms with Crippen LogP contribution in [-0.4, -0.2) is 12.8 Å². The van der Waals surface area contributed by atoms with Gasteiger partial charge in [-0.15, -0.1) is 0 Å². The highest BCUT2D eigenvalue weighted by atomic mass is 16.7. The SMILES string of the molecule is C=CCOC(=O)Oc1ccccc1-c1ccccc1. The Bertz CT molecular complexity index is 561. The van der Waals surface area contributed by atoms with E-state index in [0.29, 0.717) is 5.75 Å². The third-order valence-corrected chi connectivity index (χ3v) is 2.48. The van der Waals surface area contributed by atoms with Crippen LogP contribution in [0.3, 0.4) is 0 Å². The van der Waals surface area contributed by atoms with E-state index in [4.69, 9.17) is 9.47 Å². The van der Waals surface area contributed by atoms with E-state index in [1.807, 2.05) is 48.5 Å². The van der Waals surface area contributed by atoms with E-state index in [1.54, 1.807) is 6.07 Å². The number of hydrogen-bond donors (Lipinski definition) is 0. The molecule has 2 rings (SSSR count). The molecule has 0 bridgehead atoms. The van der Waals surface area contributed by atoms with Crippen LogP contribution in [0.15, 0.2) is 67.3 Å². The molecule has 0 saturated heterocycles. The molecular weight excluding hydrogens is 240 g/mol. The van der Waals surface area contributed by atoms with E-state index in [9.17, 15) is 4.79 Å². The molecule has 0 aliphatic rings. The quantitative estimate of drug-likeness (QED) is 0.469. The van der Waals surface area contributed by atoms with Gasteiger partial charge in [-0.2, -0.15) is 0 Å². The summed E-state index contributed by atoms with van der Waals surface area (Å²) in [5.41, 5.74) is 1.83. The number of hydrogen-bond acceptors (Lipinski definition) is 3. The Labute approximate surface area is 112 Å². The summed E-state index contributed by atoms with van der Waals surface area (Å²) in [6.07, 6.45) is 0.757. The third-order valence-electron chi connectivity index (χ3n) is 2.48. The second kappa shape index (κ2) is 6.40. The predicted octanol–water partition coefficient (Wildman–Crippen LogP) is 4.06. The molecule has 0 aliphatic heterocycles. The summed E-state index contributed by atoms with van der Waals surface area (Å²) in [7, 11) is 0. The van der Waals surface area contributed by atoms with Gasteiger partial charge in [0.1, 0.15) is 12.4 Å². The molecule has 0 saturated carbocycles. The summed E-state index contributed by atoms with van der Waals surface area (Å²) in [6.45, 7) is 3.60. The molecule has 0 unspecified atom stereocenters. The highest BCUT2D eigenvalue weighted by Crippen LogP contribution is 2.29. The lowest BCUT2D eigenvalue weighted by Crippen LogP contribution is -2.10. The van der Waals surface area contributed by atoms with E-state index >= 15 is 0 Å². The molecule has 0 fully saturated rings. The molecule has 0 heterocycles. The van der Waals surface area contributed by atoms with Crippen LogP contribution in [0.4, 0.5) is 4.79 Å². The van der Waals surface area contributed by atoms with Crippen molar-refractivity contribution in [3.8, 4) is 16.9 Å². The summed E-state index contributed by atoms with van der Waals surface area (Å²) >= 11 is 0. The zero-order valence-corrected chi connectivity index (χ0v) is 10.4. The van der Waals surface area contributed by atoms with Crippen LogP contribution in [0.2, 0.25) is 0 Å². The Hall–Kier alpha value is -2.55. The van der Waals surface area contributed by atoms with Crippen LogP contribution in [-0.2, 0) is 4.74 Å². The minimum Gasteiger partial charge on any atom is -0.430 e. The lowest BCUT2D eigenvalue weighted by atomic mass is 10.1. The standard InChI is InChI=1S/C16H14O3/c1-2-12-18-16(17)19-15-11-7-6-10-14(15)13-8-4-3-5-9-13/h2-11H,1,12H2. The number of benzene rings is 2. The van der Waals surface area contributed by atoms with E-state index < -0.39 is 6.16 Å². The lowest BCUT2D eigenvalue weighted by molar-refractivity contribution is 0.110. The number of rotatable bonds is 4. The van der Waals surface area contributed by atoms with Crippen LogP contribution in [0, 0.1) is 0 Å². The molecule has 3 heteroatoms. The van der Waals surface area contributed by atoms with Crippen molar-refractivity contribution in [1.29, 1.82) is 0 Å². The van der Waals surface area contributed by atoms with Gasteiger partial charge >= 0.3 is 6.16 Å². The van der Waals surface area contributed by atoms with Crippen LogP contribution < -0.4 is 4.74 Å². The number of carbonyl (C=O) groups excluding carboxylic acids is 1. The Morgan fingerprint density at radius 2 is 1.74 bits per heavy atom. The van der Waals surface area contributed by atoms with Crippen molar-refractivity contribution in [2.24, 2.45) is 0 Å². The summed E-state index contributed by atoms with van der Waals surface area (Å²) in [4.78, 5) is 11.5. The maximum absolute atomic E-state index is 11.5. The van der Waals surface area contributed by atoms with Gasteiger partial charge in [0.25, 0.3) is 0 Å². The first kappa shape index (κ1) is 12.9. The maximum atomic E-state index is 11.5. The minimum atomic E-state index is -0.733.